The fourth-order valence-corrected chi connectivity index (χ4v) is 5.27. The van der Waals surface area contributed by atoms with Crippen LogP contribution in [0, 0.1) is 0 Å². The van der Waals surface area contributed by atoms with E-state index in [4.69, 9.17) is 11.6 Å². The Hall–Kier alpha value is -3.06. The lowest BCUT2D eigenvalue weighted by atomic mass is 9.93. The Bertz CT molecular complexity index is 1360. The lowest BCUT2D eigenvalue weighted by Crippen LogP contribution is -2.46. The number of rotatable bonds is 3. The van der Waals surface area contributed by atoms with Crippen LogP contribution in [-0.2, 0) is 10.2 Å². The Kier molecular flexibility index (Phi) is 4.05. The van der Waals surface area contributed by atoms with Gasteiger partial charge >= 0.3 is 5.69 Å². The summed E-state index contributed by atoms with van der Waals surface area (Å²) in [6, 6.07) is 9.51. The van der Waals surface area contributed by atoms with Gasteiger partial charge in [-0.05, 0) is 49.4 Å². The van der Waals surface area contributed by atoms with Gasteiger partial charge in [0.1, 0.15) is 5.65 Å². The van der Waals surface area contributed by atoms with E-state index in [0.29, 0.717) is 11.6 Å². The van der Waals surface area contributed by atoms with Gasteiger partial charge in [0.15, 0.2) is 0 Å². The zero-order valence-electron chi connectivity index (χ0n) is 16.9. The molecule has 6 rings (SSSR count). The molecule has 2 fully saturated rings. The summed E-state index contributed by atoms with van der Waals surface area (Å²) in [6.45, 7) is 1.26. The SMILES string of the molecule is O=C(N1CCC[C@@H](n2c(=O)[nH]c3cnc4[nH]ccc4c32)C1)C1(c2ccc(Cl)cc2)CC1. The zero-order valence-corrected chi connectivity index (χ0v) is 17.7. The van der Waals surface area contributed by atoms with Gasteiger partial charge in [0, 0.05) is 29.7 Å². The topological polar surface area (TPSA) is 86.8 Å². The van der Waals surface area contributed by atoms with Crippen molar-refractivity contribution in [3.05, 3.63) is 63.8 Å². The summed E-state index contributed by atoms with van der Waals surface area (Å²) in [5, 5.41) is 1.59. The van der Waals surface area contributed by atoms with Crippen molar-refractivity contribution >= 4 is 39.6 Å². The van der Waals surface area contributed by atoms with E-state index < -0.39 is 5.41 Å². The quantitative estimate of drug-likeness (QED) is 0.513. The van der Waals surface area contributed by atoms with Crippen molar-refractivity contribution in [2.24, 2.45) is 0 Å². The first-order chi connectivity index (χ1) is 15.1. The lowest BCUT2D eigenvalue weighted by Gasteiger charge is -2.35. The minimum atomic E-state index is -0.435. The van der Waals surface area contributed by atoms with Crippen molar-refractivity contribution in [1.29, 1.82) is 0 Å². The number of carbonyl (C=O) groups is 1. The van der Waals surface area contributed by atoms with Crippen LogP contribution in [0.1, 0.15) is 37.3 Å². The van der Waals surface area contributed by atoms with Gasteiger partial charge in [-0.3, -0.25) is 9.36 Å². The third-order valence-electron chi connectivity index (χ3n) is 6.86. The minimum absolute atomic E-state index is 0.0690. The molecule has 2 aliphatic rings. The maximum absolute atomic E-state index is 13.6. The number of amides is 1. The predicted molar refractivity (Wildman–Crippen MR) is 119 cm³/mol. The van der Waals surface area contributed by atoms with E-state index in [1.807, 2.05) is 46.0 Å². The highest BCUT2D eigenvalue weighted by Crippen LogP contribution is 2.50. The van der Waals surface area contributed by atoms with Crippen molar-refractivity contribution < 1.29 is 4.79 Å². The summed E-state index contributed by atoms with van der Waals surface area (Å²) in [6.07, 6.45) is 6.97. The number of hydrogen-bond donors (Lipinski definition) is 2. The number of likely N-dealkylation sites (tertiary alicyclic amines) is 1. The number of pyridine rings is 1. The number of halogens is 1. The third kappa shape index (κ3) is 2.83. The zero-order chi connectivity index (χ0) is 21.2. The van der Waals surface area contributed by atoms with Crippen molar-refractivity contribution in [3.8, 4) is 0 Å². The van der Waals surface area contributed by atoms with E-state index >= 15 is 0 Å². The summed E-state index contributed by atoms with van der Waals surface area (Å²) in [7, 11) is 0. The molecule has 0 unspecified atom stereocenters. The summed E-state index contributed by atoms with van der Waals surface area (Å²) in [5.41, 5.74) is 2.78. The first-order valence-electron chi connectivity index (χ1n) is 10.7. The van der Waals surface area contributed by atoms with Crippen LogP contribution in [0.25, 0.3) is 22.1 Å². The number of benzene rings is 1. The van der Waals surface area contributed by atoms with Gasteiger partial charge < -0.3 is 14.9 Å². The van der Waals surface area contributed by atoms with Crippen molar-refractivity contribution in [2.75, 3.05) is 13.1 Å². The molecule has 1 saturated heterocycles. The van der Waals surface area contributed by atoms with Crippen LogP contribution in [-0.4, -0.2) is 43.4 Å². The van der Waals surface area contributed by atoms with Gasteiger partial charge in [-0.25, -0.2) is 9.78 Å². The number of H-pyrrole nitrogens is 2. The Morgan fingerprint density at radius 1 is 1.19 bits per heavy atom. The van der Waals surface area contributed by atoms with Crippen molar-refractivity contribution in [1.82, 2.24) is 24.4 Å². The summed E-state index contributed by atoms with van der Waals surface area (Å²) < 4.78 is 1.83. The molecule has 1 saturated carbocycles. The highest BCUT2D eigenvalue weighted by molar-refractivity contribution is 6.30. The van der Waals surface area contributed by atoms with Crippen molar-refractivity contribution in [3.63, 3.8) is 0 Å². The molecule has 158 valence electrons. The van der Waals surface area contributed by atoms with E-state index in [9.17, 15) is 9.59 Å². The van der Waals surface area contributed by atoms with Crippen LogP contribution in [0.4, 0.5) is 0 Å². The van der Waals surface area contributed by atoms with Gasteiger partial charge in [0.2, 0.25) is 5.91 Å². The van der Waals surface area contributed by atoms with Crippen LogP contribution in [0.2, 0.25) is 5.02 Å². The van der Waals surface area contributed by atoms with Gasteiger partial charge in [0.25, 0.3) is 0 Å². The van der Waals surface area contributed by atoms with Crippen LogP contribution in [0.5, 0.6) is 0 Å². The number of nitrogens with zero attached hydrogens (tertiary/aromatic N) is 3. The first-order valence-corrected chi connectivity index (χ1v) is 11.1. The number of hydrogen-bond acceptors (Lipinski definition) is 3. The number of carbonyl (C=O) groups excluding carboxylic acids is 1. The molecule has 3 aromatic heterocycles. The summed E-state index contributed by atoms with van der Waals surface area (Å²) in [5.74, 6) is 0.167. The molecule has 1 atom stereocenters. The molecule has 1 aliphatic heterocycles. The van der Waals surface area contributed by atoms with Gasteiger partial charge in [-0.15, -0.1) is 0 Å². The first kappa shape index (κ1) is 18.7. The number of aromatic amines is 2. The number of piperidine rings is 1. The predicted octanol–water partition coefficient (Wildman–Crippen LogP) is 3.75. The van der Waals surface area contributed by atoms with Crippen LogP contribution in [0.3, 0.4) is 0 Å². The molecule has 1 amide bonds. The highest BCUT2D eigenvalue weighted by atomic mass is 35.5. The Morgan fingerprint density at radius 2 is 2.00 bits per heavy atom. The second-order valence-corrected chi connectivity index (χ2v) is 9.13. The van der Waals surface area contributed by atoms with Crippen LogP contribution >= 0.6 is 11.6 Å². The second kappa shape index (κ2) is 6.72. The van der Waals surface area contributed by atoms with E-state index in [0.717, 1.165) is 59.9 Å². The summed E-state index contributed by atoms with van der Waals surface area (Å²) in [4.78, 5) is 38.9. The van der Waals surface area contributed by atoms with E-state index in [-0.39, 0.29) is 17.6 Å². The van der Waals surface area contributed by atoms with Crippen LogP contribution < -0.4 is 5.69 Å². The molecule has 1 aromatic carbocycles. The number of imidazole rings is 1. The average molecular weight is 436 g/mol. The van der Waals surface area contributed by atoms with E-state index in [2.05, 4.69) is 15.0 Å². The van der Waals surface area contributed by atoms with Gasteiger partial charge in [0.05, 0.1) is 28.7 Å². The second-order valence-electron chi connectivity index (χ2n) is 8.70. The molecule has 8 heteroatoms. The third-order valence-corrected chi connectivity index (χ3v) is 7.12. The standard InChI is InChI=1S/C23H22ClN5O2/c24-15-5-3-14(4-6-15)23(8-9-23)21(30)28-11-1-2-16(13-28)29-19-17-7-10-25-20(17)26-12-18(19)27-22(29)31/h3-7,10,12,16H,1-2,8-9,11,13H2,(H,25,26)(H,27,31)/t16-/m1/s1. The van der Waals surface area contributed by atoms with E-state index in [1.54, 1.807) is 6.20 Å². The molecular weight excluding hydrogens is 414 g/mol. The molecule has 4 aromatic rings. The maximum Gasteiger partial charge on any atom is 0.326 e. The average Bonchev–Trinajstić information content (AvgIpc) is 3.31. The Morgan fingerprint density at radius 3 is 2.77 bits per heavy atom. The molecule has 7 nitrogen and oxygen atoms in total. The molecule has 2 N–H and O–H groups in total. The number of aromatic nitrogens is 4. The number of fused-ring (bicyclic) bond motifs is 3. The highest BCUT2D eigenvalue weighted by Gasteiger charge is 2.53. The molecule has 0 bridgehead atoms. The molecule has 1 aliphatic carbocycles. The molecule has 31 heavy (non-hydrogen) atoms. The number of nitrogens with one attached hydrogen (secondary N) is 2. The largest absolute Gasteiger partial charge is 0.346 e. The molecule has 0 radical (unpaired) electrons. The normalized spacial score (nSPS) is 20.4. The summed E-state index contributed by atoms with van der Waals surface area (Å²) >= 11 is 6.05. The van der Waals surface area contributed by atoms with Crippen molar-refractivity contribution in [2.45, 2.75) is 37.1 Å². The minimum Gasteiger partial charge on any atom is -0.346 e. The maximum atomic E-state index is 13.6. The smallest absolute Gasteiger partial charge is 0.326 e. The monoisotopic (exact) mass is 435 g/mol. The van der Waals surface area contributed by atoms with Gasteiger partial charge in [-0.2, -0.15) is 0 Å². The fraction of sp³-hybridized carbons (Fsp3) is 0.348. The molecular formula is C23H22ClN5O2. The Labute approximate surface area is 183 Å². The Balaban J connectivity index is 1.35. The fourth-order valence-electron chi connectivity index (χ4n) is 5.14. The van der Waals surface area contributed by atoms with Gasteiger partial charge in [-0.1, -0.05) is 23.7 Å². The lowest BCUT2D eigenvalue weighted by molar-refractivity contribution is -0.135. The molecule has 4 heterocycles. The van der Waals surface area contributed by atoms with E-state index in [1.165, 1.54) is 0 Å². The molecule has 0 spiro atoms. The van der Waals surface area contributed by atoms with Crippen LogP contribution in [0.15, 0.2) is 47.5 Å².